The molecular weight excluding hydrogens is 448 g/mol. The number of hydrogen-bond donors (Lipinski definition) is 1. The van der Waals surface area contributed by atoms with Crippen molar-refractivity contribution >= 4 is 26.7 Å². The van der Waals surface area contributed by atoms with Crippen molar-refractivity contribution in [2.75, 3.05) is 13.9 Å². The molecule has 33 heavy (non-hydrogen) atoms. The molecule has 0 aliphatic carbocycles. The second kappa shape index (κ2) is 12.0. The maximum atomic E-state index is 11.6. The van der Waals surface area contributed by atoms with E-state index in [1.54, 1.807) is 25.3 Å². The number of benzene rings is 2. The molecule has 0 radical (unpaired) electrons. The Labute approximate surface area is 193 Å². The summed E-state index contributed by atoms with van der Waals surface area (Å²) in [7, 11) is -2.37. The lowest BCUT2D eigenvalue weighted by Crippen LogP contribution is -2.49. The monoisotopic (exact) mass is 476 g/mol. The van der Waals surface area contributed by atoms with Gasteiger partial charge in [0.25, 0.3) is 17.9 Å². The van der Waals surface area contributed by atoms with Gasteiger partial charge in [0.2, 0.25) is 0 Å². The van der Waals surface area contributed by atoms with Crippen LogP contribution in [0, 0.1) is 0 Å². The van der Waals surface area contributed by atoms with Crippen molar-refractivity contribution in [3.63, 3.8) is 0 Å². The summed E-state index contributed by atoms with van der Waals surface area (Å²) in [6.45, 7) is 3.61. The number of phenols is 1. The molecule has 0 spiro atoms. The molecule has 0 atom stereocenters. The Hall–Kier alpha value is -3.37. The van der Waals surface area contributed by atoms with Crippen LogP contribution in [-0.2, 0) is 38.8 Å². The van der Waals surface area contributed by atoms with Crippen LogP contribution < -0.4 is 4.74 Å². The largest absolute Gasteiger partial charge is 0.705 e. The zero-order chi connectivity index (χ0) is 24.4. The highest BCUT2D eigenvalue weighted by atomic mass is 28.4. The average Bonchev–Trinajstić information content (AvgIpc) is 2.71. The summed E-state index contributed by atoms with van der Waals surface area (Å²) >= 11 is 0. The second-order valence-corrected chi connectivity index (χ2v) is 9.71. The Morgan fingerprint density at radius 2 is 1.45 bits per heavy atom. The van der Waals surface area contributed by atoms with E-state index in [4.69, 9.17) is 22.8 Å². The molecule has 0 aromatic heterocycles. The van der Waals surface area contributed by atoms with Gasteiger partial charge in [-0.25, -0.2) is 0 Å². The highest BCUT2D eigenvalue weighted by molar-refractivity contribution is 6.65. The van der Waals surface area contributed by atoms with Gasteiger partial charge in [-0.1, -0.05) is 18.2 Å². The van der Waals surface area contributed by atoms with E-state index >= 15 is 0 Å². The van der Waals surface area contributed by atoms with Crippen molar-refractivity contribution < 1.29 is 42.2 Å². The number of aryl methyl sites for hydroxylation is 1. The number of hydrogen-bond acceptors (Lipinski definition) is 9. The summed E-state index contributed by atoms with van der Waals surface area (Å²) in [5.41, 5.74) is 2.60. The van der Waals surface area contributed by atoms with Gasteiger partial charge in [0.15, 0.2) is 6.79 Å². The highest BCUT2D eigenvalue weighted by Crippen LogP contribution is 2.31. The lowest BCUT2D eigenvalue weighted by Gasteiger charge is -2.26. The first-order valence-electron chi connectivity index (χ1n) is 10.3. The number of aromatic hydroxyl groups is 1. The summed E-state index contributed by atoms with van der Waals surface area (Å²) in [4.78, 5) is 34.8. The van der Waals surface area contributed by atoms with Crippen LogP contribution in [0.25, 0.3) is 11.1 Å². The summed E-state index contributed by atoms with van der Waals surface area (Å²) in [5.74, 6) is -1.38. The molecule has 0 saturated carbocycles. The fourth-order valence-corrected chi connectivity index (χ4v) is 5.65. The van der Waals surface area contributed by atoms with Gasteiger partial charge in [-0.3, -0.25) is 14.4 Å². The third kappa shape index (κ3) is 8.24. The van der Waals surface area contributed by atoms with Gasteiger partial charge < -0.3 is 27.9 Å². The molecule has 0 saturated heterocycles. The minimum Gasteiger partial charge on any atom is -0.508 e. The van der Waals surface area contributed by atoms with E-state index in [0.29, 0.717) is 18.6 Å². The van der Waals surface area contributed by atoms with Crippen LogP contribution in [0.1, 0.15) is 32.8 Å². The number of carbonyl (C=O) groups excluding carboxylic acids is 3. The molecule has 0 amide bonds. The zero-order valence-corrected chi connectivity index (χ0v) is 20.1. The van der Waals surface area contributed by atoms with E-state index in [0.717, 1.165) is 37.5 Å². The van der Waals surface area contributed by atoms with E-state index < -0.39 is 26.7 Å². The fourth-order valence-electron chi connectivity index (χ4n) is 3.29. The Morgan fingerprint density at radius 1 is 0.879 bits per heavy atom. The van der Waals surface area contributed by atoms with Crippen LogP contribution in [0.5, 0.6) is 11.5 Å². The molecule has 0 aliphatic heterocycles. The molecule has 0 bridgehead atoms. The molecule has 10 heteroatoms. The zero-order valence-electron chi connectivity index (χ0n) is 19.1. The molecule has 1 N–H and O–H groups in total. The molecule has 0 aliphatic rings. The lowest BCUT2D eigenvalue weighted by molar-refractivity contribution is -0.147. The van der Waals surface area contributed by atoms with E-state index in [-0.39, 0.29) is 18.6 Å². The van der Waals surface area contributed by atoms with Crippen LogP contribution in [0.15, 0.2) is 42.5 Å². The third-order valence-electron chi connectivity index (χ3n) is 4.42. The number of ether oxygens (including phenoxy) is 2. The molecule has 0 unspecified atom stereocenters. The first-order valence-corrected chi connectivity index (χ1v) is 12.2. The Morgan fingerprint density at radius 3 is 1.97 bits per heavy atom. The van der Waals surface area contributed by atoms with Gasteiger partial charge in [0.1, 0.15) is 11.5 Å². The first-order chi connectivity index (χ1) is 15.6. The van der Waals surface area contributed by atoms with E-state index in [1.165, 1.54) is 0 Å². The predicted octanol–water partition coefficient (Wildman–Crippen LogP) is 3.60. The van der Waals surface area contributed by atoms with Gasteiger partial charge in [-0.05, 0) is 53.8 Å². The maximum absolute atomic E-state index is 11.6. The quantitative estimate of drug-likeness (QED) is 0.383. The van der Waals surface area contributed by atoms with Crippen molar-refractivity contribution in [1.29, 1.82) is 0 Å². The summed E-state index contributed by atoms with van der Waals surface area (Å²) in [5, 5.41) is 10.0. The van der Waals surface area contributed by atoms with E-state index in [9.17, 15) is 19.5 Å². The van der Waals surface area contributed by atoms with Gasteiger partial charge in [0, 0.05) is 27.9 Å². The number of carbonyl (C=O) groups is 3. The Kier molecular flexibility index (Phi) is 9.43. The summed E-state index contributed by atoms with van der Waals surface area (Å²) < 4.78 is 26.0. The average molecular weight is 477 g/mol. The van der Waals surface area contributed by atoms with Gasteiger partial charge >= 0.3 is 8.80 Å². The summed E-state index contributed by atoms with van der Waals surface area (Å²) in [6.07, 6.45) is 0.801. The smallest absolute Gasteiger partial charge is 0.508 e. The second-order valence-electron chi connectivity index (χ2n) is 7.23. The predicted molar refractivity (Wildman–Crippen MR) is 120 cm³/mol. The SMILES string of the molecule is COCOc1ccc(-c2ccc(O)cc2CCC[Si](OC(C)=O)(OC(C)=O)OC(C)=O)cc1. The van der Waals surface area contributed by atoms with Crippen LogP contribution in [-0.4, -0.2) is 45.7 Å². The molecule has 9 nitrogen and oxygen atoms in total. The van der Waals surface area contributed by atoms with Gasteiger partial charge in [0.05, 0.1) is 6.04 Å². The standard InChI is InChI=1S/C23H28O9Si/c1-16(24)30-33(31-17(2)25,32-18(3)26)13-5-6-20-14-21(27)9-12-23(20)19-7-10-22(11-8-19)29-15-28-4/h7-12,14,27H,5-6,13,15H2,1-4H3. The topological polar surface area (TPSA) is 118 Å². The van der Waals surface area contributed by atoms with Gasteiger partial charge in [-0.15, -0.1) is 0 Å². The van der Waals surface area contributed by atoms with Gasteiger partial charge in [-0.2, -0.15) is 0 Å². The fraction of sp³-hybridized carbons (Fsp3) is 0.348. The number of methoxy groups -OCH3 is 1. The molecule has 0 fully saturated rings. The van der Waals surface area contributed by atoms with Crippen LogP contribution in [0.4, 0.5) is 0 Å². The van der Waals surface area contributed by atoms with Crippen molar-refractivity contribution in [3.8, 4) is 22.6 Å². The van der Waals surface area contributed by atoms with Crippen LogP contribution in [0.3, 0.4) is 0 Å². The van der Waals surface area contributed by atoms with Crippen molar-refractivity contribution in [1.82, 2.24) is 0 Å². The normalized spacial score (nSPS) is 10.9. The van der Waals surface area contributed by atoms with Crippen LogP contribution in [0.2, 0.25) is 6.04 Å². The minimum atomic E-state index is -3.91. The Bertz CT molecular complexity index is 932. The molecule has 178 valence electrons. The summed E-state index contributed by atoms with van der Waals surface area (Å²) in [6, 6.07) is 12.5. The third-order valence-corrected chi connectivity index (χ3v) is 7.19. The molecule has 2 aromatic rings. The van der Waals surface area contributed by atoms with E-state index in [1.807, 2.05) is 24.3 Å². The van der Waals surface area contributed by atoms with E-state index in [2.05, 4.69) is 0 Å². The van der Waals surface area contributed by atoms with Crippen LogP contribution >= 0.6 is 0 Å². The van der Waals surface area contributed by atoms with Crippen molar-refractivity contribution in [2.45, 2.75) is 39.7 Å². The van der Waals surface area contributed by atoms with Crippen molar-refractivity contribution in [3.05, 3.63) is 48.0 Å². The molecule has 0 heterocycles. The number of phenolic OH excluding ortho intramolecular Hbond substituents is 1. The highest BCUT2D eigenvalue weighted by Gasteiger charge is 2.51. The van der Waals surface area contributed by atoms with Crippen molar-refractivity contribution in [2.24, 2.45) is 0 Å². The number of rotatable bonds is 11. The Balaban J connectivity index is 2.23. The maximum Gasteiger partial charge on any atom is 0.705 e. The lowest BCUT2D eigenvalue weighted by atomic mass is 9.96. The molecular formula is C23H28O9Si. The first kappa shape index (κ1) is 25.9. The molecule has 2 rings (SSSR count). The minimum absolute atomic E-state index is 0.0463. The molecule has 2 aromatic carbocycles.